The summed E-state index contributed by atoms with van der Waals surface area (Å²) in [6.45, 7) is 1.98. The van der Waals surface area contributed by atoms with Gasteiger partial charge in [-0.3, -0.25) is 4.98 Å². The van der Waals surface area contributed by atoms with Gasteiger partial charge in [-0.15, -0.1) is 10.2 Å². The number of hydrogen-bond donors (Lipinski definition) is 2. The second-order valence-corrected chi connectivity index (χ2v) is 8.70. The van der Waals surface area contributed by atoms with Crippen LogP contribution < -0.4 is 10.2 Å². The fraction of sp³-hybridized carbons (Fsp3) is 0.455. The summed E-state index contributed by atoms with van der Waals surface area (Å²) in [5.74, 6) is 0.926. The summed E-state index contributed by atoms with van der Waals surface area (Å²) in [6, 6.07) is 5.38. The highest BCUT2D eigenvalue weighted by Crippen LogP contribution is 2.38. The van der Waals surface area contributed by atoms with Crippen LogP contribution >= 0.6 is 0 Å². The third-order valence-electron chi connectivity index (χ3n) is 6.66. The van der Waals surface area contributed by atoms with Crippen molar-refractivity contribution in [1.29, 1.82) is 0 Å². The highest BCUT2D eigenvalue weighted by Gasteiger charge is 2.49. The van der Waals surface area contributed by atoms with Crippen LogP contribution in [-0.2, 0) is 0 Å². The Kier molecular flexibility index (Phi) is 4.54. The molecule has 2 N–H and O–H groups in total. The second kappa shape index (κ2) is 7.12. The lowest BCUT2D eigenvalue weighted by Gasteiger charge is -2.52. The molecule has 4 heterocycles. The summed E-state index contributed by atoms with van der Waals surface area (Å²) >= 11 is 0. The van der Waals surface area contributed by atoms with Gasteiger partial charge in [0.1, 0.15) is 11.9 Å². The number of aromatic hydroxyl groups is 1. The molecule has 0 amide bonds. The number of phenolic OH excluding ortho intramolecular Hbond substituents is 1. The van der Waals surface area contributed by atoms with E-state index in [0.29, 0.717) is 23.2 Å². The Hall–Kier alpha value is -2.87. The predicted octanol–water partition coefficient (Wildman–Crippen LogP) is 3.24. The third kappa shape index (κ3) is 3.15. The summed E-state index contributed by atoms with van der Waals surface area (Å²) in [5, 5.41) is 24.2. The van der Waals surface area contributed by atoms with Gasteiger partial charge in [-0.2, -0.15) is 0 Å². The number of phenols is 1. The molecule has 5 rings (SSSR count). The highest BCUT2D eigenvalue weighted by molar-refractivity contribution is 5.88. The van der Waals surface area contributed by atoms with E-state index in [1.165, 1.54) is 0 Å². The second-order valence-electron chi connectivity index (χ2n) is 8.70. The van der Waals surface area contributed by atoms with Crippen LogP contribution in [0.2, 0.25) is 0 Å². The van der Waals surface area contributed by atoms with E-state index in [9.17, 15) is 5.11 Å². The molecule has 0 aliphatic carbocycles. The van der Waals surface area contributed by atoms with E-state index >= 15 is 4.39 Å². The number of aromatic nitrogens is 4. The van der Waals surface area contributed by atoms with Gasteiger partial charge in [-0.05, 0) is 56.2 Å². The van der Waals surface area contributed by atoms with Crippen LogP contribution in [0.1, 0.15) is 32.6 Å². The van der Waals surface area contributed by atoms with Gasteiger partial charge in [0.25, 0.3) is 0 Å². The number of nitrogens with zero attached hydrogens (tertiary/aromatic N) is 5. The van der Waals surface area contributed by atoms with Gasteiger partial charge >= 0.3 is 0 Å². The molecule has 2 aliphatic rings. The topological polar surface area (TPSA) is 87.1 Å². The maximum absolute atomic E-state index is 15.4. The van der Waals surface area contributed by atoms with Gasteiger partial charge in [-0.1, -0.05) is 0 Å². The Morgan fingerprint density at radius 3 is 2.90 bits per heavy atom. The summed E-state index contributed by atoms with van der Waals surface area (Å²) in [7, 11) is 1.85. The lowest BCUT2D eigenvalue weighted by atomic mass is 9.73. The van der Waals surface area contributed by atoms with Crippen LogP contribution in [0.3, 0.4) is 0 Å². The van der Waals surface area contributed by atoms with Gasteiger partial charge in [0.05, 0.1) is 17.8 Å². The molecule has 0 radical (unpaired) electrons. The Morgan fingerprint density at radius 2 is 2.10 bits per heavy atom. The van der Waals surface area contributed by atoms with E-state index in [-0.39, 0.29) is 11.8 Å². The number of fused-ring (bicyclic) bond motifs is 3. The number of benzene rings is 1. The molecule has 2 aliphatic heterocycles. The summed E-state index contributed by atoms with van der Waals surface area (Å²) in [4.78, 5) is 10.3. The Labute approximate surface area is 174 Å². The van der Waals surface area contributed by atoms with Crippen LogP contribution in [0, 0.1) is 0 Å². The van der Waals surface area contributed by atoms with Crippen molar-refractivity contribution in [2.45, 2.75) is 56.4 Å². The standard InChI is InChI=1S/C22H25FN6O/c1-22-6-3-4-15(26-22)10-17(20(22)23)29(2)19-12-25-21(28-27-19)16-8-13-5-7-24-11-14(13)9-18(16)30/h5,7-9,11-12,15,17,20,26,30H,3-4,6,10H2,1-2H3/t15-,17-,20+,22+/m1/s1. The molecule has 8 heteroatoms. The maximum Gasteiger partial charge on any atom is 0.185 e. The van der Waals surface area contributed by atoms with Crippen LogP contribution in [0.15, 0.2) is 36.8 Å². The lowest BCUT2D eigenvalue weighted by Crippen LogP contribution is -2.68. The SMILES string of the molecule is CN(c1cnc(-c2cc3ccncc3cc2O)nn1)[C@@H]1C[C@H]2CCC[C@](C)(N2)[C@H]1F. The number of halogens is 1. The van der Waals surface area contributed by atoms with Crippen LogP contribution in [-0.4, -0.2) is 56.1 Å². The van der Waals surface area contributed by atoms with Crippen molar-refractivity contribution < 1.29 is 9.50 Å². The molecule has 7 nitrogen and oxygen atoms in total. The molecule has 156 valence electrons. The molecule has 0 spiro atoms. The molecular weight excluding hydrogens is 383 g/mol. The minimum absolute atomic E-state index is 0.0707. The number of anilines is 1. The van der Waals surface area contributed by atoms with Crippen molar-refractivity contribution in [3.63, 3.8) is 0 Å². The van der Waals surface area contributed by atoms with Crippen molar-refractivity contribution >= 4 is 16.6 Å². The fourth-order valence-corrected chi connectivity index (χ4v) is 4.94. The molecule has 0 saturated carbocycles. The van der Waals surface area contributed by atoms with Gasteiger partial charge in [0.15, 0.2) is 11.6 Å². The zero-order chi connectivity index (χ0) is 20.9. The summed E-state index contributed by atoms with van der Waals surface area (Å²) in [5.41, 5.74) is 0.00906. The number of rotatable bonds is 3. The minimum Gasteiger partial charge on any atom is -0.507 e. The Balaban J connectivity index is 1.42. The Morgan fingerprint density at radius 1 is 1.23 bits per heavy atom. The average Bonchev–Trinajstić information content (AvgIpc) is 2.75. The Bertz CT molecular complexity index is 1080. The summed E-state index contributed by atoms with van der Waals surface area (Å²) < 4.78 is 15.4. The molecule has 0 unspecified atom stereocenters. The first-order chi connectivity index (χ1) is 14.4. The molecule has 2 bridgehead atoms. The van der Waals surface area contributed by atoms with E-state index in [1.807, 2.05) is 31.0 Å². The van der Waals surface area contributed by atoms with E-state index in [2.05, 4.69) is 25.5 Å². The zero-order valence-corrected chi connectivity index (χ0v) is 17.1. The van der Waals surface area contributed by atoms with E-state index in [0.717, 1.165) is 36.5 Å². The number of piperidine rings is 2. The maximum atomic E-state index is 15.4. The normalized spacial score (nSPS) is 28.4. The molecule has 3 aromatic rings. The molecule has 1 aromatic carbocycles. The van der Waals surface area contributed by atoms with Crippen molar-refractivity contribution in [1.82, 2.24) is 25.5 Å². The molecule has 2 aromatic heterocycles. The molecule has 2 saturated heterocycles. The quantitative estimate of drug-likeness (QED) is 0.688. The third-order valence-corrected chi connectivity index (χ3v) is 6.66. The van der Waals surface area contributed by atoms with Crippen molar-refractivity contribution in [2.24, 2.45) is 0 Å². The number of nitrogens with one attached hydrogen (secondary N) is 1. The molecule has 4 atom stereocenters. The number of pyridine rings is 1. The van der Waals surface area contributed by atoms with Crippen molar-refractivity contribution in [3.05, 3.63) is 36.8 Å². The predicted molar refractivity (Wildman–Crippen MR) is 113 cm³/mol. The smallest absolute Gasteiger partial charge is 0.185 e. The first-order valence-electron chi connectivity index (χ1n) is 10.4. The zero-order valence-electron chi connectivity index (χ0n) is 17.1. The van der Waals surface area contributed by atoms with E-state index in [4.69, 9.17) is 0 Å². The lowest BCUT2D eigenvalue weighted by molar-refractivity contribution is 0.0405. The molecule has 2 fully saturated rings. The fourth-order valence-electron chi connectivity index (χ4n) is 4.94. The monoisotopic (exact) mass is 408 g/mol. The number of alkyl halides is 1. The molecular formula is C22H25FN6O. The molecule has 30 heavy (non-hydrogen) atoms. The van der Waals surface area contributed by atoms with Crippen LogP contribution in [0.25, 0.3) is 22.2 Å². The summed E-state index contributed by atoms with van der Waals surface area (Å²) in [6.07, 6.45) is 7.70. The van der Waals surface area contributed by atoms with Gasteiger partial charge < -0.3 is 15.3 Å². The van der Waals surface area contributed by atoms with Crippen LogP contribution in [0.4, 0.5) is 10.2 Å². The first kappa shape index (κ1) is 19.1. The number of hydrogen-bond acceptors (Lipinski definition) is 7. The van der Waals surface area contributed by atoms with E-state index in [1.54, 1.807) is 24.7 Å². The van der Waals surface area contributed by atoms with Crippen molar-refractivity contribution in [3.8, 4) is 17.1 Å². The minimum atomic E-state index is -1.00. The van der Waals surface area contributed by atoms with Gasteiger partial charge in [0.2, 0.25) is 0 Å². The first-order valence-corrected chi connectivity index (χ1v) is 10.4. The van der Waals surface area contributed by atoms with Crippen LogP contribution in [0.5, 0.6) is 5.75 Å². The van der Waals surface area contributed by atoms with Gasteiger partial charge in [0, 0.05) is 36.4 Å². The van der Waals surface area contributed by atoms with Gasteiger partial charge in [-0.25, -0.2) is 9.37 Å². The van der Waals surface area contributed by atoms with E-state index < -0.39 is 11.7 Å². The largest absolute Gasteiger partial charge is 0.507 e. The highest BCUT2D eigenvalue weighted by atomic mass is 19.1. The average molecular weight is 408 g/mol. The van der Waals surface area contributed by atoms with Crippen molar-refractivity contribution in [2.75, 3.05) is 11.9 Å².